The van der Waals surface area contributed by atoms with Gasteiger partial charge in [-0.2, -0.15) is 0 Å². The van der Waals surface area contributed by atoms with Crippen molar-refractivity contribution in [1.29, 1.82) is 0 Å². The molecule has 0 saturated heterocycles. The number of hydrogen-bond acceptors (Lipinski definition) is 2. The van der Waals surface area contributed by atoms with Gasteiger partial charge in [0.15, 0.2) is 0 Å². The molecule has 0 bridgehead atoms. The largest absolute Gasteiger partial charge is 0.389 e. The van der Waals surface area contributed by atoms with Gasteiger partial charge >= 0.3 is 0 Å². The third-order valence-electron chi connectivity index (χ3n) is 4.56. The molecule has 0 aromatic heterocycles. The van der Waals surface area contributed by atoms with Gasteiger partial charge in [-0.1, -0.05) is 49.3 Å². The zero-order chi connectivity index (χ0) is 16.8. The summed E-state index contributed by atoms with van der Waals surface area (Å²) in [5.41, 5.74) is 1.67. The molecule has 2 nitrogen and oxygen atoms in total. The first kappa shape index (κ1) is 19.2. The summed E-state index contributed by atoms with van der Waals surface area (Å²) in [7, 11) is 0. The fraction of sp³-hybridized carbons (Fsp3) is 0.700. The Labute approximate surface area is 136 Å². The number of aliphatic hydroxyl groups excluding tert-OH is 1. The molecule has 1 rings (SSSR count). The predicted molar refractivity (Wildman–Crippen MR) is 94.7 cm³/mol. The Balaban J connectivity index is 2.97. The van der Waals surface area contributed by atoms with Gasteiger partial charge in [0.25, 0.3) is 0 Å². The lowest BCUT2D eigenvalue weighted by atomic mass is 9.86. The molecule has 0 aliphatic heterocycles. The molecule has 2 N–H and O–H groups in total. The zero-order valence-corrected chi connectivity index (χ0v) is 15.0. The topological polar surface area (TPSA) is 40.5 Å². The summed E-state index contributed by atoms with van der Waals surface area (Å²) in [6.45, 7) is 10.5. The van der Waals surface area contributed by atoms with E-state index in [0.29, 0.717) is 18.3 Å². The van der Waals surface area contributed by atoms with Crippen molar-refractivity contribution in [3.63, 3.8) is 0 Å². The van der Waals surface area contributed by atoms with E-state index < -0.39 is 11.7 Å². The summed E-state index contributed by atoms with van der Waals surface area (Å²) < 4.78 is 0. The number of rotatable bonds is 1. The molecule has 0 saturated carbocycles. The monoisotopic (exact) mass is 306 g/mol. The zero-order valence-electron chi connectivity index (χ0n) is 15.0. The summed E-state index contributed by atoms with van der Waals surface area (Å²) in [4.78, 5) is 0. The van der Waals surface area contributed by atoms with Gasteiger partial charge in [0.2, 0.25) is 0 Å². The second kappa shape index (κ2) is 8.69. The van der Waals surface area contributed by atoms with E-state index in [1.165, 1.54) is 11.1 Å². The van der Waals surface area contributed by atoms with Crippen LogP contribution in [0.3, 0.4) is 0 Å². The van der Waals surface area contributed by atoms with Gasteiger partial charge in [0, 0.05) is 6.42 Å². The third-order valence-corrected chi connectivity index (χ3v) is 4.56. The standard InChI is InChI=1S/C20H34O2/c1-15(2)18-10-9-16(3)7-6-8-17(4)13-19(21)14-20(5,22)12-11-18/h7,11-13,15,18-19,21-22H,6,8-10,14H2,1-5H3/b12-11-,16-7+,17-13+/t18-,19-,20-/m0/s1. The van der Waals surface area contributed by atoms with E-state index in [2.05, 4.69) is 39.8 Å². The van der Waals surface area contributed by atoms with Gasteiger partial charge in [-0.3, -0.25) is 0 Å². The van der Waals surface area contributed by atoms with Crippen LogP contribution in [0.5, 0.6) is 0 Å². The van der Waals surface area contributed by atoms with E-state index in [4.69, 9.17) is 0 Å². The Bertz CT molecular complexity index is 427. The number of hydrogen-bond donors (Lipinski definition) is 2. The highest BCUT2D eigenvalue weighted by Gasteiger charge is 2.21. The molecule has 1 aliphatic carbocycles. The molecule has 0 aromatic rings. The molecule has 0 spiro atoms. The lowest BCUT2D eigenvalue weighted by Gasteiger charge is -2.24. The fourth-order valence-corrected chi connectivity index (χ4v) is 2.99. The number of aliphatic hydroxyl groups is 2. The molecule has 0 heterocycles. The quantitative estimate of drug-likeness (QED) is 0.684. The molecule has 126 valence electrons. The van der Waals surface area contributed by atoms with E-state index in [1.54, 1.807) is 6.92 Å². The van der Waals surface area contributed by atoms with Crippen LogP contribution in [0.4, 0.5) is 0 Å². The average molecular weight is 306 g/mol. The van der Waals surface area contributed by atoms with Crippen LogP contribution >= 0.6 is 0 Å². The second-order valence-corrected chi connectivity index (χ2v) is 7.54. The van der Waals surface area contributed by atoms with Crippen molar-refractivity contribution in [3.05, 3.63) is 35.5 Å². The van der Waals surface area contributed by atoms with Crippen LogP contribution in [-0.4, -0.2) is 21.9 Å². The summed E-state index contributed by atoms with van der Waals surface area (Å²) in [5.74, 6) is 1.02. The highest BCUT2D eigenvalue weighted by Crippen LogP contribution is 2.25. The minimum atomic E-state index is -0.960. The van der Waals surface area contributed by atoms with Crippen molar-refractivity contribution in [3.8, 4) is 0 Å². The molecule has 22 heavy (non-hydrogen) atoms. The maximum atomic E-state index is 10.5. The smallest absolute Gasteiger partial charge is 0.0827 e. The van der Waals surface area contributed by atoms with Crippen molar-refractivity contribution in [2.75, 3.05) is 0 Å². The summed E-state index contributed by atoms with van der Waals surface area (Å²) in [6, 6.07) is 0. The molecule has 1 aliphatic rings. The van der Waals surface area contributed by atoms with Crippen LogP contribution in [0.25, 0.3) is 0 Å². The van der Waals surface area contributed by atoms with Crippen LogP contribution < -0.4 is 0 Å². The van der Waals surface area contributed by atoms with Gasteiger partial charge < -0.3 is 10.2 Å². The maximum absolute atomic E-state index is 10.5. The maximum Gasteiger partial charge on any atom is 0.0827 e. The van der Waals surface area contributed by atoms with Crippen LogP contribution in [0.2, 0.25) is 0 Å². The van der Waals surface area contributed by atoms with Gasteiger partial charge in [-0.15, -0.1) is 0 Å². The molecule has 0 aromatic carbocycles. The van der Waals surface area contributed by atoms with E-state index in [1.807, 2.05) is 12.2 Å². The van der Waals surface area contributed by atoms with Crippen molar-refractivity contribution in [2.24, 2.45) is 11.8 Å². The molecular weight excluding hydrogens is 272 g/mol. The Morgan fingerprint density at radius 1 is 1.18 bits per heavy atom. The average Bonchev–Trinajstić information content (AvgIpc) is 2.36. The van der Waals surface area contributed by atoms with E-state index in [9.17, 15) is 10.2 Å². The molecule has 2 heteroatoms. The molecule has 0 amide bonds. The molecular formula is C20H34O2. The van der Waals surface area contributed by atoms with Crippen molar-refractivity contribution >= 4 is 0 Å². The minimum absolute atomic E-state index is 0.348. The van der Waals surface area contributed by atoms with Crippen LogP contribution in [0.1, 0.15) is 66.7 Å². The highest BCUT2D eigenvalue weighted by molar-refractivity contribution is 5.10. The fourth-order valence-electron chi connectivity index (χ4n) is 2.99. The van der Waals surface area contributed by atoms with Crippen molar-refractivity contribution in [1.82, 2.24) is 0 Å². The lowest BCUT2D eigenvalue weighted by molar-refractivity contribution is 0.0565. The SMILES string of the molecule is C/C1=C\[C@H](O)C[C@@](C)(O)/C=C\[C@@H](C(C)C)CC/C(C)=C/CC1. The lowest BCUT2D eigenvalue weighted by Crippen LogP contribution is -2.27. The minimum Gasteiger partial charge on any atom is -0.389 e. The number of allylic oxidation sites excluding steroid dienone is 4. The highest BCUT2D eigenvalue weighted by atomic mass is 16.3. The first-order valence-electron chi connectivity index (χ1n) is 8.62. The van der Waals surface area contributed by atoms with Gasteiger partial charge in [0.05, 0.1) is 11.7 Å². The summed E-state index contributed by atoms with van der Waals surface area (Å²) >= 11 is 0. The Hall–Kier alpha value is -0.860. The van der Waals surface area contributed by atoms with Crippen LogP contribution in [-0.2, 0) is 0 Å². The van der Waals surface area contributed by atoms with Crippen LogP contribution in [0, 0.1) is 11.8 Å². The van der Waals surface area contributed by atoms with Gasteiger partial charge in [-0.25, -0.2) is 0 Å². The van der Waals surface area contributed by atoms with E-state index in [0.717, 1.165) is 25.7 Å². The Kier molecular flexibility index (Phi) is 7.58. The molecule has 3 atom stereocenters. The van der Waals surface area contributed by atoms with Gasteiger partial charge in [-0.05, 0) is 58.3 Å². The second-order valence-electron chi connectivity index (χ2n) is 7.54. The van der Waals surface area contributed by atoms with Crippen LogP contribution in [0.15, 0.2) is 35.5 Å². The Morgan fingerprint density at radius 2 is 1.86 bits per heavy atom. The first-order chi connectivity index (χ1) is 10.2. The third kappa shape index (κ3) is 7.42. The van der Waals surface area contributed by atoms with Crippen molar-refractivity contribution < 1.29 is 10.2 Å². The van der Waals surface area contributed by atoms with E-state index in [-0.39, 0.29) is 0 Å². The molecule has 0 radical (unpaired) electrons. The van der Waals surface area contributed by atoms with Gasteiger partial charge in [0.1, 0.15) is 0 Å². The predicted octanol–water partition coefficient (Wildman–Crippen LogP) is 4.78. The van der Waals surface area contributed by atoms with E-state index >= 15 is 0 Å². The normalized spacial score (nSPS) is 38.5. The molecule has 0 unspecified atom stereocenters. The summed E-state index contributed by atoms with van der Waals surface area (Å²) in [5, 5.41) is 20.7. The molecule has 0 fully saturated rings. The summed E-state index contributed by atoms with van der Waals surface area (Å²) in [6.07, 6.45) is 12.2. The van der Waals surface area contributed by atoms with Crippen molar-refractivity contribution in [2.45, 2.75) is 78.4 Å². The first-order valence-corrected chi connectivity index (χ1v) is 8.62. The Morgan fingerprint density at radius 3 is 2.50 bits per heavy atom.